The van der Waals surface area contributed by atoms with Gasteiger partial charge < -0.3 is 10.6 Å². The molecule has 0 spiro atoms. The molecule has 0 bridgehead atoms. The summed E-state index contributed by atoms with van der Waals surface area (Å²) in [5.41, 5.74) is 2.91. The van der Waals surface area contributed by atoms with E-state index in [0.717, 1.165) is 35.9 Å². The maximum Gasteiger partial charge on any atom is 0.0890 e. The summed E-state index contributed by atoms with van der Waals surface area (Å²) in [5.74, 6) is 0. The SMILES string of the molecule is CC(CNC1CC1)NCc1cnc2ccccc2n1. The molecule has 1 aromatic carbocycles. The average molecular weight is 256 g/mol. The molecule has 1 heterocycles. The number of rotatable bonds is 6. The molecule has 1 atom stereocenters. The second-order valence-electron chi connectivity index (χ2n) is 5.31. The number of nitrogens with zero attached hydrogens (tertiary/aromatic N) is 2. The second-order valence-corrected chi connectivity index (χ2v) is 5.31. The largest absolute Gasteiger partial charge is 0.312 e. The smallest absolute Gasteiger partial charge is 0.0890 e. The number of aromatic nitrogens is 2. The summed E-state index contributed by atoms with van der Waals surface area (Å²) in [6, 6.07) is 9.20. The fraction of sp³-hybridized carbons (Fsp3) is 0.467. The lowest BCUT2D eigenvalue weighted by atomic mass is 10.3. The molecule has 19 heavy (non-hydrogen) atoms. The molecule has 0 saturated heterocycles. The van der Waals surface area contributed by atoms with Crippen LogP contribution in [0, 0.1) is 0 Å². The van der Waals surface area contributed by atoms with E-state index in [1.807, 2.05) is 30.5 Å². The highest BCUT2D eigenvalue weighted by atomic mass is 15.0. The quantitative estimate of drug-likeness (QED) is 0.828. The molecule has 100 valence electrons. The second kappa shape index (κ2) is 5.63. The third-order valence-electron chi connectivity index (χ3n) is 3.42. The Morgan fingerprint density at radius 2 is 2.05 bits per heavy atom. The number of benzene rings is 1. The zero-order valence-electron chi connectivity index (χ0n) is 11.3. The van der Waals surface area contributed by atoms with Crippen molar-refractivity contribution < 1.29 is 0 Å². The predicted molar refractivity (Wildman–Crippen MR) is 76.9 cm³/mol. The van der Waals surface area contributed by atoms with Gasteiger partial charge in [-0.05, 0) is 31.9 Å². The number of hydrogen-bond acceptors (Lipinski definition) is 4. The van der Waals surface area contributed by atoms with E-state index in [0.29, 0.717) is 6.04 Å². The third-order valence-corrected chi connectivity index (χ3v) is 3.42. The summed E-state index contributed by atoms with van der Waals surface area (Å²) in [4.78, 5) is 9.03. The van der Waals surface area contributed by atoms with Gasteiger partial charge >= 0.3 is 0 Å². The first-order valence-corrected chi connectivity index (χ1v) is 6.99. The van der Waals surface area contributed by atoms with Crippen LogP contribution in [-0.2, 0) is 6.54 Å². The van der Waals surface area contributed by atoms with Crippen LogP contribution in [-0.4, -0.2) is 28.6 Å². The average Bonchev–Trinajstić information content (AvgIpc) is 3.27. The van der Waals surface area contributed by atoms with Crippen molar-refractivity contribution >= 4 is 11.0 Å². The zero-order valence-corrected chi connectivity index (χ0v) is 11.3. The standard InChI is InChI=1S/C15H20N4/c1-11(8-17-12-6-7-12)16-9-13-10-18-14-4-2-3-5-15(14)19-13/h2-5,10-12,16-17H,6-9H2,1H3. The molecule has 1 fully saturated rings. The van der Waals surface area contributed by atoms with Crippen LogP contribution in [0.15, 0.2) is 30.5 Å². The number of hydrogen-bond donors (Lipinski definition) is 2. The van der Waals surface area contributed by atoms with Crippen LogP contribution >= 0.6 is 0 Å². The van der Waals surface area contributed by atoms with Crippen LogP contribution in [0.2, 0.25) is 0 Å². The topological polar surface area (TPSA) is 49.8 Å². The first-order chi connectivity index (χ1) is 9.31. The van der Waals surface area contributed by atoms with Crippen molar-refractivity contribution in [3.05, 3.63) is 36.2 Å². The molecular formula is C15H20N4. The van der Waals surface area contributed by atoms with Gasteiger partial charge in [0, 0.05) is 25.2 Å². The van der Waals surface area contributed by atoms with Crippen LogP contribution in [0.1, 0.15) is 25.5 Å². The van der Waals surface area contributed by atoms with E-state index < -0.39 is 0 Å². The van der Waals surface area contributed by atoms with Gasteiger partial charge in [-0.3, -0.25) is 4.98 Å². The Labute approximate surface area is 113 Å². The molecule has 1 unspecified atom stereocenters. The van der Waals surface area contributed by atoms with Crippen molar-refractivity contribution in [2.24, 2.45) is 0 Å². The molecule has 1 saturated carbocycles. The highest BCUT2D eigenvalue weighted by Gasteiger charge is 2.20. The van der Waals surface area contributed by atoms with E-state index in [9.17, 15) is 0 Å². The van der Waals surface area contributed by atoms with Crippen LogP contribution in [0.4, 0.5) is 0 Å². The Balaban J connectivity index is 1.55. The lowest BCUT2D eigenvalue weighted by molar-refractivity contribution is 0.496. The molecule has 1 aliphatic carbocycles. The minimum atomic E-state index is 0.453. The molecule has 4 heteroatoms. The lowest BCUT2D eigenvalue weighted by Crippen LogP contribution is -2.36. The van der Waals surface area contributed by atoms with Crippen molar-refractivity contribution in [2.75, 3.05) is 6.54 Å². The molecule has 2 aromatic rings. The first-order valence-electron chi connectivity index (χ1n) is 6.99. The van der Waals surface area contributed by atoms with Gasteiger partial charge in [0.1, 0.15) is 0 Å². The Kier molecular flexibility index (Phi) is 3.71. The molecule has 3 rings (SSSR count). The van der Waals surface area contributed by atoms with Crippen LogP contribution in [0.25, 0.3) is 11.0 Å². The van der Waals surface area contributed by atoms with Gasteiger partial charge in [-0.15, -0.1) is 0 Å². The Morgan fingerprint density at radius 3 is 2.84 bits per heavy atom. The van der Waals surface area contributed by atoms with Crippen molar-refractivity contribution in [1.29, 1.82) is 0 Å². The van der Waals surface area contributed by atoms with E-state index in [1.54, 1.807) is 0 Å². The summed E-state index contributed by atoms with van der Waals surface area (Å²) in [7, 11) is 0. The summed E-state index contributed by atoms with van der Waals surface area (Å²) in [5, 5.41) is 7.01. The zero-order chi connectivity index (χ0) is 13.1. The number of fused-ring (bicyclic) bond motifs is 1. The summed E-state index contributed by atoms with van der Waals surface area (Å²) in [6.45, 7) is 3.99. The Morgan fingerprint density at radius 1 is 1.26 bits per heavy atom. The van der Waals surface area contributed by atoms with Gasteiger partial charge in [-0.2, -0.15) is 0 Å². The van der Waals surface area contributed by atoms with E-state index in [4.69, 9.17) is 0 Å². The Hall–Kier alpha value is -1.52. The molecule has 2 N–H and O–H groups in total. The van der Waals surface area contributed by atoms with Crippen molar-refractivity contribution in [3.8, 4) is 0 Å². The summed E-state index contributed by atoms with van der Waals surface area (Å²) < 4.78 is 0. The van der Waals surface area contributed by atoms with Gasteiger partial charge in [0.25, 0.3) is 0 Å². The van der Waals surface area contributed by atoms with Crippen molar-refractivity contribution in [3.63, 3.8) is 0 Å². The first kappa shape index (κ1) is 12.5. The molecule has 1 aromatic heterocycles. The number of para-hydroxylation sites is 2. The van der Waals surface area contributed by atoms with Crippen LogP contribution in [0.5, 0.6) is 0 Å². The maximum absolute atomic E-state index is 4.61. The fourth-order valence-electron chi connectivity index (χ4n) is 2.06. The molecule has 1 aliphatic rings. The minimum Gasteiger partial charge on any atom is -0.312 e. The van der Waals surface area contributed by atoms with E-state index in [1.165, 1.54) is 12.8 Å². The lowest BCUT2D eigenvalue weighted by Gasteiger charge is -2.14. The van der Waals surface area contributed by atoms with Gasteiger partial charge in [0.2, 0.25) is 0 Å². The third kappa shape index (κ3) is 3.49. The maximum atomic E-state index is 4.61. The fourth-order valence-corrected chi connectivity index (χ4v) is 2.06. The molecule has 0 radical (unpaired) electrons. The minimum absolute atomic E-state index is 0.453. The summed E-state index contributed by atoms with van der Waals surface area (Å²) in [6.07, 6.45) is 4.53. The van der Waals surface area contributed by atoms with E-state index in [2.05, 4.69) is 27.5 Å². The highest BCUT2D eigenvalue weighted by Crippen LogP contribution is 2.18. The van der Waals surface area contributed by atoms with Crippen LogP contribution in [0.3, 0.4) is 0 Å². The highest BCUT2D eigenvalue weighted by molar-refractivity contribution is 5.73. The van der Waals surface area contributed by atoms with Gasteiger partial charge in [0.05, 0.1) is 22.9 Å². The van der Waals surface area contributed by atoms with Gasteiger partial charge in [-0.25, -0.2) is 4.98 Å². The molecule has 4 nitrogen and oxygen atoms in total. The van der Waals surface area contributed by atoms with Crippen molar-refractivity contribution in [2.45, 2.75) is 38.4 Å². The molecular weight excluding hydrogens is 236 g/mol. The van der Waals surface area contributed by atoms with Gasteiger partial charge in [0.15, 0.2) is 0 Å². The van der Waals surface area contributed by atoms with Crippen LogP contribution < -0.4 is 10.6 Å². The number of nitrogens with one attached hydrogen (secondary N) is 2. The molecule has 0 amide bonds. The van der Waals surface area contributed by atoms with E-state index in [-0.39, 0.29) is 0 Å². The van der Waals surface area contributed by atoms with E-state index >= 15 is 0 Å². The normalized spacial score (nSPS) is 16.7. The molecule has 0 aliphatic heterocycles. The van der Waals surface area contributed by atoms with Crippen molar-refractivity contribution in [1.82, 2.24) is 20.6 Å². The summed E-state index contributed by atoms with van der Waals surface area (Å²) >= 11 is 0. The van der Waals surface area contributed by atoms with Gasteiger partial charge in [-0.1, -0.05) is 12.1 Å². The predicted octanol–water partition coefficient (Wildman–Crippen LogP) is 1.86. The Bertz CT molecular complexity index is 551. The monoisotopic (exact) mass is 256 g/mol.